The molecule has 0 spiro atoms. The predicted molar refractivity (Wildman–Crippen MR) is 175 cm³/mol. The van der Waals surface area contributed by atoms with E-state index in [9.17, 15) is 9.18 Å². The van der Waals surface area contributed by atoms with E-state index < -0.39 is 0 Å². The lowest BCUT2D eigenvalue weighted by Crippen LogP contribution is -2.33. The van der Waals surface area contributed by atoms with Gasteiger partial charge in [-0.05, 0) is 97.0 Å². The molecule has 1 saturated heterocycles. The maximum Gasteiger partial charge on any atom is 0.238 e. The van der Waals surface area contributed by atoms with Crippen LogP contribution in [0.1, 0.15) is 93.7 Å². The molecule has 2 atom stereocenters. The molecule has 7 heteroatoms. The van der Waals surface area contributed by atoms with Crippen molar-refractivity contribution in [2.75, 3.05) is 38.4 Å². The van der Waals surface area contributed by atoms with Crippen LogP contribution in [0.3, 0.4) is 0 Å². The van der Waals surface area contributed by atoms with Crippen molar-refractivity contribution in [2.24, 2.45) is 0 Å². The number of nitrogens with one attached hydrogen (secondary N) is 1. The summed E-state index contributed by atoms with van der Waals surface area (Å²) in [6.07, 6.45) is 5.54. The van der Waals surface area contributed by atoms with E-state index in [1.165, 1.54) is 28.8 Å². The first-order valence-corrected chi connectivity index (χ1v) is 16.3. The highest BCUT2D eigenvalue weighted by Crippen LogP contribution is 2.43. The first-order chi connectivity index (χ1) is 21.4. The summed E-state index contributed by atoms with van der Waals surface area (Å²) in [5.74, 6) is 1.51. The molecule has 3 aromatic carbocycles. The number of halogens is 1. The molecule has 3 aromatic rings. The van der Waals surface area contributed by atoms with Gasteiger partial charge in [0.05, 0.1) is 6.54 Å². The summed E-state index contributed by atoms with van der Waals surface area (Å²) in [6.45, 7) is 13.3. The third-order valence-electron chi connectivity index (χ3n) is 8.37. The Morgan fingerprint density at radius 2 is 1.59 bits per heavy atom. The lowest BCUT2D eigenvalue weighted by molar-refractivity contribution is -0.117. The molecule has 0 aliphatic carbocycles. The average Bonchev–Trinajstić information content (AvgIpc) is 3.68. The van der Waals surface area contributed by atoms with Crippen LogP contribution in [0.2, 0.25) is 0 Å². The van der Waals surface area contributed by atoms with Crippen LogP contribution in [-0.2, 0) is 28.8 Å². The molecule has 5 rings (SSSR count). The number of aryl methyl sites for hydroxylation is 3. The molecule has 1 fully saturated rings. The fraction of sp³-hybridized carbons (Fsp3) is 0.486. The van der Waals surface area contributed by atoms with Gasteiger partial charge >= 0.3 is 0 Å². The van der Waals surface area contributed by atoms with Crippen molar-refractivity contribution in [2.45, 2.75) is 85.1 Å². The first-order valence-electron chi connectivity index (χ1n) is 16.3. The fourth-order valence-electron chi connectivity index (χ4n) is 6.12. The van der Waals surface area contributed by atoms with Crippen molar-refractivity contribution in [3.8, 4) is 11.5 Å². The lowest BCUT2D eigenvalue weighted by atomic mass is 9.93. The highest BCUT2D eigenvalue weighted by molar-refractivity contribution is 5.94. The minimum atomic E-state index is -0.255. The molecule has 0 radical (unpaired) electrons. The van der Waals surface area contributed by atoms with Gasteiger partial charge in [-0.3, -0.25) is 9.69 Å². The second-order valence-corrected chi connectivity index (χ2v) is 11.5. The molecule has 44 heavy (non-hydrogen) atoms. The number of likely N-dealkylation sites (tertiary alicyclic amines) is 1. The SMILES string of the molecule is CCCOCC.CCCc1ccc(C2C[C@@H](c3ccc4c(c3)OCO4)CN2CC(=O)Nc2c(CC)cc(F)cc2CC)cc1. The van der Waals surface area contributed by atoms with E-state index in [1.807, 2.05) is 26.8 Å². The van der Waals surface area contributed by atoms with Crippen molar-refractivity contribution in [3.63, 3.8) is 0 Å². The van der Waals surface area contributed by atoms with Crippen LogP contribution in [0.25, 0.3) is 0 Å². The highest BCUT2D eigenvalue weighted by Gasteiger charge is 2.35. The molecular weight excluding hydrogens is 555 g/mol. The molecule has 238 valence electrons. The van der Waals surface area contributed by atoms with Gasteiger partial charge in [0, 0.05) is 31.5 Å². The Bertz CT molecular complexity index is 1330. The van der Waals surface area contributed by atoms with Gasteiger partial charge in [0.25, 0.3) is 0 Å². The summed E-state index contributed by atoms with van der Waals surface area (Å²) >= 11 is 0. The number of hydrogen-bond acceptors (Lipinski definition) is 5. The molecule has 2 aliphatic heterocycles. The normalized spacial score (nSPS) is 17.3. The summed E-state index contributed by atoms with van der Waals surface area (Å²) in [7, 11) is 0. The second kappa shape index (κ2) is 16.6. The van der Waals surface area contributed by atoms with Gasteiger partial charge in [-0.25, -0.2) is 4.39 Å². The summed E-state index contributed by atoms with van der Waals surface area (Å²) in [4.78, 5) is 15.7. The fourth-order valence-corrected chi connectivity index (χ4v) is 6.12. The van der Waals surface area contributed by atoms with Crippen molar-refractivity contribution in [1.82, 2.24) is 4.90 Å². The number of ether oxygens (including phenoxy) is 3. The van der Waals surface area contributed by atoms with Gasteiger partial charge in [-0.2, -0.15) is 0 Å². The minimum absolute atomic E-state index is 0.0695. The Labute approximate surface area is 262 Å². The maximum absolute atomic E-state index is 14.1. The van der Waals surface area contributed by atoms with Gasteiger partial charge in [0.15, 0.2) is 11.5 Å². The monoisotopic (exact) mass is 604 g/mol. The van der Waals surface area contributed by atoms with Crippen LogP contribution in [0.5, 0.6) is 11.5 Å². The van der Waals surface area contributed by atoms with E-state index in [2.05, 4.69) is 60.5 Å². The number of hydrogen-bond donors (Lipinski definition) is 1. The second-order valence-electron chi connectivity index (χ2n) is 11.5. The van der Waals surface area contributed by atoms with Gasteiger partial charge in [0.1, 0.15) is 5.82 Å². The Morgan fingerprint density at radius 3 is 2.20 bits per heavy atom. The predicted octanol–water partition coefficient (Wildman–Crippen LogP) is 8.23. The maximum atomic E-state index is 14.1. The number of carbonyl (C=O) groups excluding carboxylic acids is 1. The standard InChI is InChI=1S/C32H37FN2O3.C5H12O/c1-4-7-21-8-10-24(11-9-21)28-16-26(25-12-13-29-30(17-25)38-20-37-29)18-35(28)19-31(36)34-32-22(5-2)14-27(33)15-23(32)6-3;1-3-5-6-4-2/h8-15,17,26,28H,4-7,16,18-20H2,1-3H3,(H,34,36);3-5H2,1-2H3/t26-,28?;/m1./s1. The molecule has 0 bridgehead atoms. The van der Waals surface area contributed by atoms with Crippen molar-refractivity contribution in [3.05, 3.63) is 88.2 Å². The van der Waals surface area contributed by atoms with Gasteiger partial charge in [-0.1, -0.05) is 64.4 Å². The summed E-state index contributed by atoms with van der Waals surface area (Å²) in [5.41, 5.74) is 6.18. The molecule has 6 nitrogen and oxygen atoms in total. The van der Waals surface area contributed by atoms with Gasteiger partial charge < -0.3 is 19.5 Å². The van der Waals surface area contributed by atoms with E-state index in [1.54, 1.807) is 0 Å². The van der Waals surface area contributed by atoms with E-state index in [-0.39, 0.29) is 37.0 Å². The number of anilines is 1. The average molecular weight is 605 g/mol. The highest BCUT2D eigenvalue weighted by atomic mass is 19.1. The van der Waals surface area contributed by atoms with Crippen molar-refractivity contribution in [1.29, 1.82) is 0 Å². The third-order valence-corrected chi connectivity index (χ3v) is 8.37. The van der Waals surface area contributed by atoms with E-state index in [0.29, 0.717) is 12.8 Å². The zero-order valence-electron chi connectivity index (χ0n) is 27.1. The van der Waals surface area contributed by atoms with Crippen molar-refractivity contribution >= 4 is 11.6 Å². The molecule has 2 heterocycles. The van der Waals surface area contributed by atoms with E-state index in [4.69, 9.17) is 14.2 Å². The Morgan fingerprint density at radius 1 is 0.909 bits per heavy atom. The smallest absolute Gasteiger partial charge is 0.238 e. The molecule has 2 aliphatic rings. The minimum Gasteiger partial charge on any atom is -0.454 e. The summed E-state index contributed by atoms with van der Waals surface area (Å²) in [5, 5.41) is 3.14. The zero-order chi connectivity index (χ0) is 31.5. The molecule has 1 N–H and O–H groups in total. The zero-order valence-corrected chi connectivity index (χ0v) is 27.1. The Hall–Kier alpha value is -3.42. The van der Waals surface area contributed by atoms with Gasteiger partial charge in [0.2, 0.25) is 12.7 Å². The number of rotatable bonds is 12. The Balaban J connectivity index is 0.000000670. The molecule has 1 unspecified atom stereocenters. The number of carbonyl (C=O) groups is 1. The van der Waals surface area contributed by atoms with Crippen LogP contribution >= 0.6 is 0 Å². The van der Waals surface area contributed by atoms with Crippen LogP contribution in [-0.4, -0.2) is 43.9 Å². The molecule has 0 saturated carbocycles. The summed E-state index contributed by atoms with van der Waals surface area (Å²) < 4.78 is 30.2. The number of benzene rings is 3. The molecular formula is C37H49FN2O4. The van der Waals surface area contributed by atoms with Crippen LogP contribution < -0.4 is 14.8 Å². The molecule has 0 aromatic heterocycles. The van der Waals surface area contributed by atoms with E-state index in [0.717, 1.165) is 73.8 Å². The Kier molecular flexibility index (Phi) is 12.6. The first kappa shape index (κ1) is 33.5. The topological polar surface area (TPSA) is 60.0 Å². The number of amides is 1. The third kappa shape index (κ3) is 8.60. The van der Waals surface area contributed by atoms with Crippen LogP contribution in [0.4, 0.5) is 10.1 Å². The van der Waals surface area contributed by atoms with Crippen LogP contribution in [0, 0.1) is 5.82 Å². The van der Waals surface area contributed by atoms with E-state index >= 15 is 0 Å². The largest absolute Gasteiger partial charge is 0.454 e. The quantitative estimate of drug-likeness (QED) is 0.211. The van der Waals surface area contributed by atoms with Crippen molar-refractivity contribution < 1.29 is 23.4 Å². The molecule has 1 amide bonds. The lowest BCUT2D eigenvalue weighted by Gasteiger charge is -2.25. The number of fused-ring (bicyclic) bond motifs is 1. The van der Waals surface area contributed by atoms with Gasteiger partial charge in [-0.15, -0.1) is 0 Å². The summed E-state index contributed by atoms with van der Waals surface area (Å²) in [6, 6.07) is 18.2. The van der Waals surface area contributed by atoms with Crippen LogP contribution in [0.15, 0.2) is 54.6 Å². The number of nitrogens with zero attached hydrogens (tertiary/aromatic N) is 1.